The lowest BCUT2D eigenvalue weighted by atomic mass is 10.3. The van der Waals surface area contributed by atoms with Gasteiger partial charge in [0.1, 0.15) is 6.07 Å². The topological polar surface area (TPSA) is 73.0 Å². The van der Waals surface area contributed by atoms with Gasteiger partial charge in [-0.2, -0.15) is 14.6 Å². The molecule has 0 spiro atoms. The fourth-order valence-electron chi connectivity index (χ4n) is 1.31. The third-order valence-electron chi connectivity index (χ3n) is 1.96. The standard InChI is InChI=1S/C7H8N4OS/c8-3-6-9-7(10-13-6)11-2-1-5(12)4-11/h5,12H,1-2,4H2. The molecule has 1 N–H and O–H groups in total. The van der Waals surface area contributed by atoms with Crippen molar-refractivity contribution in [3.05, 3.63) is 5.01 Å². The van der Waals surface area contributed by atoms with Gasteiger partial charge in [-0.05, 0) is 18.0 Å². The first-order chi connectivity index (χ1) is 6.29. The van der Waals surface area contributed by atoms with E-state index in [9.17, 15) is 5.11 Å². The first kappa shape index (κ1) is 8.41. The van der Waals surface area contributed by atoms with Crippen molar-refractivity contribution in [2.24, 2.45) is 0 Å². The maximum Gasteiger partial charge on any atom is 0.238 e. The van der Waals surface area contributed by atoms with Crippen LogP contribution in [0.2, 0.25) is 0 Å². The second-order valence-corrected chi connectivity index (χ2v) is 3.65. The first-order valence-corrected chi connectivity index (χ1v) is 4.74. The second-order valence-electron chi connectivity index (χ2n) is 2.90. The van der Waals surface area contributed by atoms with E-state index in [1.54, 1.807) is 0 Å². The van der Waals surface area contributed by atoms with Gasteiger partial charge in [0.25, 0.3) is 0 Å². The molecule has 6 heteroatoms. The van der Waals surface area contributed by atoms with Crippen molar-refractivity contribution in [2.45, 2.75) is 12.5 Å². The average Bonchev–Trinajstić information content (AvgIpc) is 2.71. The molecule has 1 saturated heterocycles. The molecule has 1 atom stereocenters. The van der Waals surface area contributed by atoms with Crippen LogP contribution in [-0.4, -0.2) is 33.7 Å². The van der Waals surface area contributed by atoms with Gasteiger partial charge in [-0.1, -0.05) is 0 Å². The lowest BCUT2D eigenvalue weighted by Crippen LogP contribution is -2.22. The first-order valence-electron chi connectivity index (χ1n) is 3.96. The van der Waals surface area contributed by atoms with E-state index in [0.29, 0.717) is 17.5 Å². The summed E-state index contributed by atoms with van der Waals surface area (Å²) < 4.78 is 4.03. The summed E-state index contributed by atoms with van der Waals surface area (Å²) in [5.41, 5.74) is 0. The number of β-amino-alcohol motifs (C(OH)–C–C–N with tert-alkyl or cyclic N) is 1. The summed E-state index contributed by atoms with van der Waals surface area (Å²) in [5, 5.41) is 18.2. The van der Waals surface area contributed by atoms with Gasteiger partial charge >= 0.3 is 0 Å². The van der Waals surface area contributed by atoms with E-state index in [0.717, 1.165) is 24.5 Å². The zero-order valence-corrected chi connectivity index (χ0v) is 7.66. The van der Waals surface area contributed by atoms with Gasteiger partial charge in [-0.15, -0.1) is 0 Å². The van der Waals surface area contributed by atoms with E-state index < -0.39 is 0 Å². The van der Waals surface area contributed by atoms with Gasteiger partial charge in [-0.3, -0.25) is 0 Å². The summed E-state index contributed by atoms with van der Waals surface area (Å²) in [6.45, 7) is 1.34. The highest BCUT2D eigenvalue weighted by molar-refractivity contribution is 7.06. The lowest BCUT2D eigenvalue weighted by Gasteiger charge is -2.11. The van der Waals surface area contributed by atoms with Gasteiger partial charge < -0.3 is 10.0 Å². The van der Waals surface area contributed by atoms with Crippen molar-refractivity contribution in [1.29, 1.82) is 5.26 Å². The maximum absolute atomic E-state index is 9.27. The SMILES string of the molecule is N#Cc1nc(N2CCC(O)C2)ns1. The summed E-state index contributed by atoms with van der Waals surface area (Å²) in [7, 11) is 0. The number of hydrogen-bond acceptors (Lipinski definition) is 6. The predicted molar refractivity (Wildman–Crippen MR) is 47.5 cm³/mol. The lowest BCUT2D eigenvalue weighted by molar-refractivity contribution is 0.198. The molecule has 1 aliphatic heterocycles. The zero-order chi connectivity index (χ0) is 9.26. The number of aromatic nitrogens is 2. The molecule has 0 aliphatic carbocycles. The average molecular weight is 196 g/mol. The van der Waals surface area contributed by atoms with Crippen molar-refractivity contribution in [2.75, 3.05) is 18.0 Å². The van der Waals surface area contributed by atoms with Crippen LogP contribution in [0.3, 0.4) is 0 Å². The van der Waals surface area contributed by atoms with Gasteiger partial charge in [0.05, 0.1) is 6.10 Å². The Kier molecular flexibility index (Phi) is 2.12. The number of aliphatic hydroxyl groups is 1. The largest absolute Gasteiger partial charge is 0.391 e. The monoisotopic (exact) mass is 196 g/mol. The van der Waals surface area contributed by atoms with Crippen LogP contribution in [-0.2, 0) is 0 Å². The summed E-state index contributed by atoms with van der Waals surface area (Å²) in [4.78, 5) is 5.90. The number of rotatable bonds is 1. The van der Waals surface area contributed by atoms with E-state index in [-0.39, 0.29) is 6.10 Å². The van der Waals surface area contributed by atoms with Crippen molar-refractivity contribution in [3.63, 3.8) is 0 Å². The molecule has 68 valence electrons. The van der Waals surface area contributed by atoms with Crippen LogP contribution in [0, 0.1) is 11.3 Å². The minimum absolute atomic E-state index is 0.283. The summed E-state index contributed by atoms with van der Waals surface area (Å²) in [6, 6.07) is 1.94. The van der Waals surface area contributed by atoms with Crippen molar-refractivity contribution in [1.82, 2.24) is 9.36 Å². The number of anilines is 1. The van der Waals surface area contributed by atoms with E-state index in [1.807, 2.05) is 11.0 Å². The fourth-order valence-corrected chi connectivity index (χ4v) is 1.80. The summed E-state index contributed by atoms with van der Waals surface area (Å²) in [6.07, 6.45) is 0.468. The Balaban J connectivity index is 2.13. The molecule has 0 saturated carbocycles. The molecule has 1 unspecified atom stereocenters. The van der Waals surface area contributed by atoms with Crippen LogP contribution in [0.15, 0.2) is 0 Å². The van der Waals surface area contributed by atoms with Gasteiger partial charge in [0.15, 0.2) is 0 Å². The van der Waals surface area contributed by atoms with Gasteiger partial charge in [0, 0.05) is 13.1 Å². The smallest absolute Gasteiger partial charge is 0.238 e. The molecule has 1 fully saturated rings. The van der Waals surface area contributed by atoms with Crippen molar-refractivity contribution >= 4 is 17.5 Å². The summed E-state index contributed by atoms with van der Waals surface area (Å²) >= 11 is 1.09. The molecular weight excluding hydrogens is 188 g/mol. The Hall–Kier alpha value is -1.19. The Bertz CT molecular complexity index is 345. The molecular formula is C7H8N4OS. The van der Waals surface area contributed by atoms with Gasteiger partial charge in [-0.25, -0.2) is 0 Å². The van der Waals surface area contributed by atoms with Crippen molar-refractivity contribution < 1.29 is 5.11 Å². The molecule has 1 aliphatic rings. The Labute approximate surface area is 79.4 Å². The highest BCUT2D eigenvalue weighted by Crippen LogP contribution is 2.18. The Morgan fingerprint density at radius 1 is 1.69 bits per heavy atom. The minimum Gasteiger partial charge on any atom is -0.391 e. The molecule has 0 bridgehead atoms. The van der Waals surface area contributed by atoms with Crippen LogP contribution < -0.4 is 4.90 Å². The molecule has 5 nitrogen and oxygen atoms in total. The van der Waals surface area contributed by atoms with Crippen LogP contribution in [0.5, 0.6) is 0 Å². The van der Waals surface area contributed by atoms with Crippen LogP contribution >= 0.6 is 11.5 Å². The molecule has 2 heterocycles. The maximum atomic E-state index is 9.27. The molecule has 0 radical (unpaired) electrons. The summed E-state index contributed by atoms with van der Waals surface area (Å²) in [5.74, 6) is 0.568. The molecule has 1 aromatic rings. The molecule has 13 heavy (non-hydrogen) atoms. The Morgan fingerprint density at radius 2 is 2.54 bits per heavy atom. The van der Waals surface area contributed by atoms with Crippen LogP contribution in [0.4, 0.5) is 5.95 Å². The van der Waals surface area contributed by atoms with E-state index in [4.69, 9.17) is 5.26 Å². The third kappa shape index (κ3) is 1.61. The quantitative estimate of drug-likeness (QED) is 0.683. The van der Waals surface area contributed by atoms with Crippen molar-refractivity contribution in [3.8, 4) is 6.07 Å². The van der Waals surface area contributed by atoms with Gasteiger partial charge in [0.2, 0.25) is 11.0 Å². The van der Waals surface area contributed by atoms with Crippen LogP contribution in [0.25, 0.3) is 0 Å². The number of aliphatic hydroxyl groups excluding tert-OH is 1. The highest BCUT2D eigenvalue weighted by Gasteiger charge is 2.23. The zero-order valence-electron chi connectivity index (χ0n) is 6.84. The molecule has 1 aromatic heterocycles. The third-order valence-corrected chi connectivity index (χ3v) is 2.57. The predicted octanol–water partition coefficient (Wildman–Crippen LogP) is -0.0192. The van der Waals surface area contributed by atoms with E-state index in [1.165, 1.54) is 0 Å². The Morgan fingerprint density at radius 3 is 3.08 bits per heavy atom. The van der Waals surface area contributed by atoms with E-state index in [2.05, 4.69) is 9.36 Å². The van der Waals surface area contributed by atoms with E-state index >= 15 is 0 Å². The number of nitriles is 1. The highest BCUT2D eigenvalue weighted by atomic mass is 32.1. The fraction of sp³-hybridized carbons (Fsp3) is 0.571. The molecule has 0 aromatic carbocycles. The minimum atomic E-state index is -0.283. The molecule has 0 amide bonds. The second kappa shape index (κ2) is 3.28. The van der Waals surface area contributed by atoms with Crippen LogP contribution in [0.1, 0.15) is 11.4 Å². The molecule has 2 rings (SSSR count). The number of hydrogen-bond donors (Lipinski definition) is 1. The normalized spacial score (nSPS) is 21.8. The number of nitrogens with zero attached hydrogens (tertiary/aromatic N) is 4.